The number of carboxylic acids is 1. The van der Waals surface area contributed by atoms with Crippen molar-refractivity contribution in [3.63, 3.8) is 0 Å². The van der Waals surface area contributed by atoms with Crippen LogP contribution in [0.1, 0.15) is 11.1 Å². The summed E-state index contributed by atoms with van der Waals surface area (Å²) in [7, 11) is -6.59. The van der Waals surface area contributed by atoms with E-state index >= 15 is 0 Å². The normalized spacial score (nSPS) is 12.0. The third kappa shape index (κ3) is 6.36. The van der Waals surface area contributed by atoms with Gasteiger partial charge in [0.1, 0.15) is 0 Å². The number of carbonyl (C=O) groups is 1. The molecule has 3 aromatic carbocycles. The number of rotatable bonds is 8. The lowest BCUT2D eigenvalue weighted by Crippen LogP contribution is -1.99. The minimum Gasteiger partial charge on any atom is -0.481 e. The minimum absolute atomic E-state index is 0.136. The van der Waals surface area contributed by atoms with Crippen molar-refractivity contribution in [1.29, 1.82) is 0 Å². The van der Waals surface area contributed by atoms with E-state index < -0.39 is 25.6 Å². The van der Waals surface area contributed by atoms with Crippen molar-refractivity contribution in [2.45, 2.75) is 23.1 Å². The molecular weight excluding hydrogens is 597 g/mol. The van der Waals surface area contributed by atoms with E-state index in [1.807, 2.05) is 43.3 Å². The molecule has 0 spiro atoms. The maximum atomic E-state index is 11.9. The van der Waals surface area contributed by atoms with Gasteiger partial charge >= 0.3 is 5.97 Å². The fraction of sp³-hybridized carbons (Fsp3) is 0.129. The van der Waals surface area contributed by atoms with Crippen LogP contribution in [0.25, 0.3) is 41.8 Å². The number of hydrogen-bond donors (Lipinski definition) is 1. The Morgan fingerprint density at radius 1 is 0.659 bits per heavy atom. The molecule has 0 aliphatic rings. The number of aliphatic carboxylic acids is 1. The van der Waals surface area contributed by atoms with Gasteiger partial charge in [-0.25, -0.2) is 16.8 Å². The molecule has 5 rings (SSSR count). The molecule has 0 saturated heterocycles. The van der Waals surface area contributed by atoms with Gasteiger partial charge in [0.05, 0.1) is 16.2 Å². The fourth-order valence-corrected chi connectivity index (χ4v) is 8.17. The van der Waals surface area contributed by atoms with Gasteiger partial charge < -0.3 is 5.11 Å². The summed E-state index contributed by atoms with van der Waals surface area (Å²) < 4.78 is 47.4. The lowest BCUT2D eigenvalue weighted by atomic mass is 10.0. The third-order valence-electron chi connectivity index (χ3n) is 6.59. The molecular formula is C31H26O6S4. The largest absolute Gasteiger partial charge is 0.481 e. The van der Waals surface area contributed by atoms with E-state index in [-0.39, 0.29) is 16.2 Å². The first-order valence-electron chi connectivity index (χ1n) is 12.5. The van der Waals surface area contributed by atoms with Gasteiger partial charge in [0.2, 0.25) is 0 Å². The molecule has 0 saturated carbocycles. The molecule has 0 unspecified atom stereocenters. The first-order valence-corrected chi connectivity index (χ1v) is 17.9. The molecule has 2 aromatic heterocycles. The summed E-state index contributed by atoms with van der Waals surface area (Å²) in [4.78, 5) is 16.0. The van der Waals surface area contributed by atoms with Gasteiger partial charge in [0, 0.05) is 32.0 Å². The zero-order valence-corrected chi connectivity index (χ0v) is 25.7. The number of benzene rings is 3. The molecule has 0 bridgehead atoms. The molecule has 0 radical (unpaired) electrons. The van der Waals surface area contributed by atoms with Crippen LogP contribution in [0.2, 0.25) is 0 Å². The maximum Gasteiger partial charge on any atom is 0.307 e. The number of hydrogen-bond acceptors (Lipinski definition) is 7. The summed E-state index contributed by atoms with van der Waals surface area (Å²) in [5.41, 5.74) is 5.42. The Morgan fingerprint density at radius 2 is 1.12 bits per heavy atom. The highest BCUT2D eigenvalue weighted by Crippen LogP contribution is 2.42. The molecule has 6 nitrogen and oxygen atoms in total. The van der Waals surface area contributed by atoms with Crippen LogP contribution in [-0.4, -0.2) is 40.4 Å². The van der Waals surface area contributed by atoms with Gasteiger partial charge in [-0.3, -0.25) is 4.79 Å². The van der Waals surface area contributed by atoms with Gasteiger partial charge in [-0.05, 0) is 82.8 Å². The van der Waals surface area contributed by atoms with Crippen LogP contribution in [0.3, 0.4) is 0 Å². The molecule has 0 fully saturated rings. The number of carboxylic acid groups (broad SMARTS) is 1. The predicted octanol–water partition coefficient (Wildman–Crippen LogP) is 7.22. The lowest BCUT2D eigenvalue weighted by molar-refractivity contribution is -0.136. The molecule has 2 heterocycles. The Bertz CT molecular complexity index is 1980. The Balaban J connectivity index is 1.52. The van der Waals surface area contributed by atoms with Crippen LogP contribution in [0.4, 0.5) is 0 Å². The highest BCUT2D eigenvalue weighted by molar-refractivity contribution is 7.91. The molecule has 41 heavy (non-hydrogen) atoms. The average Bonchev–Trinajstić information content (AvgIpc) is 3.51. The minimum atomic E-state index is -3.32. The second-order valence-corrected chi connectivity index (χ2v) is 16.0. The first-order chi connectivity index (χ1) is 19.3. The summed E-state index contributed by atoms with van der Waals surface area (Å²) >= 11 is 3.09. The highest BCUT2D eigenvalue weighted by Gasteiger charge is 2.18. The number of aryl methyl sites for hydroxylation is 1. The zero-order chi connectivity index (χ0) is 29.5. The monoisotopic (exact) mass is 622 g/mol. The van der Waals surface area contributed by atoms with Crippen molar-refractivity contribution in [2.24, 2.45) is 0 Å². The van der Waals surface area contributed by atoms with Crippen molar-refractivity contribution < 1.29 is 26.7 Å². The summed E-state index contributed by atoms with van der Waals surface area (Å²) in [5, 5.41) is 9.59. The molecule has 0 atom stereocenters. The quantitative estimate of drug-likeness (QED) is 0.196. The van der Waals surface area contributed by atoms with Crippen LogP contribution in [0.5, 0.6) is 0 Å². The van der Waals surface area contributed by atoms with Gasteiger partial charge in [-0.1, -0.05) is 42.5 Å². The lowest BCUT2D eigenvalue weighted by Gasteiger charge is -2.06. The van der Waals surface area contributed by atoms with Crippen molar-refractivity contribution in [3.05, 3.63) is 96.1 Å². The summed E-state index contributed by atoms with van der Waals surface area (Å²) in [6, 6.07) is 25.4. The van der Waals surface area contributed by atoms with Gasteiger partial charge in [-0.15, -0.1) is 22.7 Å². The third-order valence-corrected chi connectivity index (χ3v) is 11.5. The van der Waals surface area contributed by atoms with Crippen molar-refractivity contribution in [1.82, 2.24) is 0 Å². The van der Waals surface area contributed by atoms with Gasteiger partial charge in [0.25, 0.3) is 0 Å². The second kappa shape index (κ2) is 11.0. The van der Waals surface area contributed by atoms with Crippen molar-refractivity contribution >= 4 is 48.3 Å². The van der Waals surface area contributed by atoms with E-state index in [4.69, 9.17) is 0 Å². The SMILES string of the molecule is Cc1cc(-c2ccc(S(C)(=O)=O)cc2)sc1-c1cccc(-c2sc(-c3ccc(S(C)(=O)=O)cc3)cc2CC(=O)O)c1. The standard InChI is InChI=1S/C31H26O6S4/c1-19-15-27(20-7-11-25(12-8-20)40(2,34)35)38-30(19)22-5-4-6-23(16-22)31-24(18-29(32)33)17-28(39-31)21-9-13-26(14-10-21)41(3,36)37/h4-17H,18H2,1-3H3,(H,32,33). The Morgan fingerprint density at radius 3 is 1.61 bits per heavy atom. The summed E-state index contributed by atoms with van der Waals surface area (Å²) in [6.07, 6.45) is 2.22. The highest BCUT2D eigenvalue weighted by atomic mass is 32.2. The van der Waals surface area contributed by atoms with Crippen LogP contribution in [-0.2, 0) is 30.9 Å². The van der Waals surface area contributed by atoms with Crippen LogP contribution < -0.4 is 0 Å². The molecule has 1 N–H and O–H groups in total. The molecule has 0 aliphatic carbocycles. The van der Waals surface area contributed by atoms with Gasteiger partial charge in [0.15, 0.2) is 19.7 Å². The van der Waals surface area contributed by atoms with E-state index in [2.05, 4.69) is 12.1 Å². The number of sulfone groups is 2. The molecule has 0 aliphatic heterocycles. The van der Waals surface area contributed by atoms with Crippen molar-refractivity contribution in [3.8, 4) is 41.8 Å². The van der Waals surface area contributed by atoms with E-state index in [0.717, 1.165) is 53.6 Å². The molecule has 0 amide bonds. The Labute approximate surface area is 247 Å². The fourth-order valence-electron chi connectivity index (χ4n) is 4.55. The smallest absolute Gasteiger partial charge is 0.307 e. The second-order valence-electron chi connectivity index (χ2n) is 9.83. The van der Waals surface area contributed by atoms with Gasteiger partial charge in [-0.2, -0.15) is 0 Å². The van der Waals surface area contributed by atoms with Crippen LogP contribution in [0.15, 0.2) is 94.7 Å². The summed E-state index contributed by atoms with van der Waals surface area (Å²) in [5.74, 6) is -0.931. The Hall–Kier alpha value is -3.57. The predicted molar refractivity (Wildman–Crippen MR) is 166 cm³/mol. The average molecular weight is 623 g/mol. The number of thiophene rings is 2. The van der Waals surface area contributed by atoms with Crippen molar-refractivity contribution in [2.75, 3.05) is 12.5 Å². The molecule has 210 valence electrons. The Kier molecular flexibility index (Phi) is 7.78. The van der Waals surface area contributed by atoms with E-state index in [1.54, 1.807) is 47.7 Å². The van der Waals surface area contributed by atoms with E-state index in [0.29, 0.717) is 5.56 Å². The zero-order valence-electron chi connectivity index (χ0n) is 22.4. The maximum absolute atomic E-state index is 11.9. The topological polar surface area (TPSA) is 106 Å². The van der Waals surface area contributed by atoms with Crippen LogP contribution >= 0.6 is 22.7 Å². The van der Waals surface area contributed by atoms with E-state index in [9.17, 15) is 26.7 Å². The summed E-state index contributed by atoms with van der Waals surface area (Å²) in [6.45, 7) is 2.03. The van der Waals surface area contributed by atoms with E-state index in [1.165, 1.54) is 17.6 Å². The molecule has 5 aromatic rings. The molecule has 10 heteroatoms. The first kappa shape index (κ1) is 28.9. The van der Waals surface area contributed by atoms with Crippen LogP contribution in [0, 0.1) is 6.92 Å².